The molecular formula is C34H36N2O4S. The van der Waals surface area contributed by atoms with Crippen LogP contribution in [0, 0.1) is 13.8 Å². The van der Waals surface area contributed by atoms with Gasteiger partial charge in [0.2, 0.25) is 0 Å². The summed E-state index contributed by atoms with van der Waals surface area (Å²) in [5, 5.41) is 12.0. The van der Waals surface area contributed by atoms with Gasteiger partial charge in [0.1, 0.15) is 11.5 Å². The number of ketones is 1. The first kappa shape index (κ1) is 28.6. The number of rotatable bonds is 7. The predicted molar refractivity (Wildman–Crippen MR) is 166 cm³/mol. The third-order valence-electron chi connectivity index (χ3n) is 7.44. The largest absolute Gasteiger partial charge is 0.507 e. The maximum absolute atomic E-state index is 13.7. The lowest BCUT2D eigenvalue weighted by atomic mass is 9.85. The zero-order valence-corrected chi connectivity index (χ0v) is 25.3. The van der Waals surface area contributed by atoms with Crippen molar-refractivity contribution in [3.8, 4) is 5.75 Å². The number of aliphatic hydroxyl groups excluding tert-OH is 1. The lowest BCUT2D eigenvalue weighted by Gasteiger charge is -2.24. The summed E-state index contributed by atoms with van der Waals surface area (Å²) in [4.78, 5) is 33.7. The third kappa shape index (κ3) is 5.51. The SMILES string of the molecule is CCCCOc1cccc(C(O)=C2C(=O)C(=O)N(c3nc4c(C)cc(C)cc4s3)C2c2ccc(C(C)(C)C)cc2)c1. The first-order chi connectivity index (χ1) is 19.5. The van der Waals surface area contributed by atoms with E-state index in [1.54, 1.807) is 18.2 Å². The summed E-state index contributed by atoms with van der Waals surface area (Å²) in [5.74, 6) is -1.08. The highest BCUT2D eigenvalue weighted by molar-refractivity contribution is 7.22. The van der Waals surface area contributed by atoms with Crippen molar-refractivity contribution < 1.29 is 19.4 Å². The van der Waals surface area contributed by atoms with Crippen molar-refractivity contribution in [2.45, 2.75) is 65.8 Å². The van der Waals surface area contributed by atoms with E-state index in [-0.39, 0.29) is 16.7 Å². The van der Waals surface area contributed by atoms with Gasteiger partial charge in [-0.3, -0.25) is 14.5 Å². The number of Topliss-reactive ketones (excluding diaryl/α,β-unsaturated/α-hetero) is 1. The Kier molecular flexibility index (Phi) is 7.75. The van der Waals surface area contributed by atoms with E-state index >= 15 is 0 Å². The van der Waals surface area contributed by atoms with Gasteiger partial charge in [0, 0.05) is 5.56 Å². The van der Waals surface area contributed by atoms with E-state index in [9.17, 15) is 14.7 Å². The van der Waals surface area contributed by atoms with Crippen LogP contribution in [-0.4, -0.2) is 28.4 Å². The number of carbonyl (C=O) groups excluding carboxylic acids is 2. The Balaban J connectivity index is 1.67. The normalized spacial score (nSPS) is 17.0. The molecule has 0 radical (unpaired) electrons. The molecule has 1 atom stereocenters. The van der Waals surface area contributed by atoms with Crippen molar-refractivity contribution in [2.24, 2.45) is 0 Å². The summed E-state index contributed by atoms with van der Waals surface area (Å²) in [6.07, 6.45) is 1.91. The minimum absolute atomic E-state index is 0.0383. The van der Waals surface area contributed by atoms with E-state index in [4.69, 9.17) is 9.72 Å². The molecule has 0 spiro atoms. The molecule has 3 aromatic carbocycles. The van der Waals surface area contributed by atoms with Gasteiger partial charge in [0.15, 0.2) is 5.13 Å². The molecule has 0 bridgehead atoms. The molecule has 212 valence electrons. The van der Waals surface area contributed by atoms with Crippen LogP contribution in [0.25, 0.3) is 16.0 Å². The number of thiazole rings is 1. The van der Waals surface area contributed by atoms with Crippen LogP contribution in [0.15, 0.2) is 66.2 Å². The van der Waals surface area contributed by atoms with Gasteiger partial charge in [-0.15, -0.1) is 0 Å². The molecule has 41 heavy (non-hydrogen) atoms. The molecular weight excluding hydrogens is 532 g/mol. The van der Waals surface area contributed by atoms with E-state index in [2.05, 4.69) is 33.8 Å². The Morgan fingerprint density at radius 3 is 2.46 bits per heavy atom. The van der Waals surface area contributed by atoms with Crippen molar-refractivity contribution >= 4 is 44.1 Å². The van der Waals surface area contributed by atoms with Gasteiger partial charge in [-0.25, -0.2) is 4.98 Å². The Morgan fingerprint density at radius 2 is 1.78 bits per heavy atom. The maximum Gasteiger partial charge on any atom is 0.301 e. The first-order valence-electron chi connectivity index (χ1n) is 14.0. The van der Waals surface area contributed by atoms with E-state index in [0.29, 0.717) is 23.1 Å². The molecule has 1 N–H and O–H groups in total. The lowest BCUT2D eigenvalue weighted by Crippen LogP contribution is -2.29. The molecule has 1 aromatic heterocycles. The number of anilines is 1. The maximum atomic E-state index is 13.7. The van der Waals surface area contributed by atoms with E-state index in [1.165, 1.54) is 16.2 Å². The zero-order valence-electron chi connectivity index (χ0n) is 24.4. The van der Waals surface area contributed by atoms with Crippen LogP contribution in [0.2, 0.25) is 0 Å². The van der Waals surface area contributed by atoms with Gasteiger partial charge in [-0.1, -0.05) is 87.9 Å². The van der Waals surface area contributed by atoms with Gasteiger partial charge >= 0.3 is 5.91 Å². The monoisotopic (exact) mass is 568 g/mol. The number of fused-ring (bicyclic) bond motifs is 1. The second-order valence-corrected chi connectivity index (χ2v) is 12.7. The van der Waals surface area contributed by atoms with E-state index in [1.807, 2.05) is 50.2 Å². The third-order valence-corrected chi connectivity index (χ3v) is 8.44. The van der Waals surface area contributed by atoms with Crippen molar-refractivity contribution in [1.29, 1.82) is 0 Å². The number of hydrogen-bond donors (Lipinski definition) is 1. The summed E-state index contributed by atoms with van der Waals surface area (Å²) >= 11 is 1.38. The van der Waals surface area contributed by atoms with Crippen LogP contribution in [0.1, 0.15) is 74.4 Å². The van der Waals surface area contributed by atoms with Crippen LogP contribution >= 0.6 is 11.3 Å². The highest BCUT2D eigenvalue weighted by Crippen LogP contribution is 2.45. The Bertz CT molecular complexity index is 1660. The fourth-order valence-electron chi connectivity index (χ4n) is 5.20. The van der Waals surface area contributed by atoms with Crippen LogP contribution in [0.4, 0.5) is 5.13 Å². The smallest absolute Gasteiger partial charge is 0.301 e. The number of ether oxygens (including phenoxy) is 1. The molecule has 2 heterocycles. The number of benzene rings is 3. The molecule has 1 fully saturated rings. The number of unbranched alkanes of at least 4 members (excludes halogenated alkanes) is 1. The lowest BCUT2D eigenvalue weighted by molar-refractivity contribution is -0.132. The summed E-state index contributed by atoms with van der Waals surface area (Å²) in [6, 6.07) is 18.2. The fraction of sp³-hybridized carbons (Fsp3) is 0.324. The molecule has 4 aromatic rings. The molecule has 6 nitrogen and oxygen atoms in total. The van der Waals surface area contributed by atoms with Crippen LogP contribution in [0.5, 0.6) is 5.75 Å². The number of amides is 1. The van der Waals surface area contributed by atoms with Crippen molar-refractivity contribution in [3.63, 3.8) is 0 Å². The second kappa shape index (κ2) is 11.1. The Hall–Kier alpha value is -3.97. The average molecular weight is 569 g/mol. The molecule has 7 heteroatoms. The zero-order chi connectivity index (χ0) is 29.5. The van der Waals surface area contributed by atoms with Gasteiger partial charge in [0.05, 0.1) is 28.4 Å². The van der Waals surface area contributed by atoms with Crippen molar-refractivity contribution in [2.75, 3.05) is 11.5 Å². The van der Waals surface area contributed by atoms with Crippen LogP contribution < -0.4 is 9.64 Å². The predicted octanol–water partition coefficient (Wildman–Crippen LogP) is 8.02. The standard InChI is InChI=1S/C34H36N2O4S/c1-7-8-16-40-25-11-9-10-23(19-25)30(37)27-29(22-12-14-24(15-13-22)34(4,5)6)36(32(39)31(27)38)33-35-28-21(3)17-20(2)18-26(28)41-33/h9-15,17-19,29,37H,7-8,16H2,1-6H3. The van der Waals surface area contributed by atoms with Gasteiger partial charge in [-0.2, -0.15) is 0 Å². The Labute approximate surface area is 245 Å². The highest BCUT2D eigenvalue weighted by Gasteiger charge is 2.48. The number of nitrogens with zero attached hydrogens (tertiary/aromatic N) is 2. The summed E-state index contributed by atoms with van der Waals surface area (Å²) in [7, 11) is 0. The molecule has 1 amide bonds. The second-order valence-electron chi connectivity index (χ2n) is 11.7. The summed E-state index contributed by atoms with van der Waals surface area (Å²) < 4.78 is 6.79. The molecule has 5 rings (SSSR count). The number of aliphatic hydroxyl groups is 1. The van der Waals surface area contributed by atoms with Gasteiger partial charge in [-0.05, 0) is 66.1 Å². The summed E-state index contributed by atoms with van der Waals surface area (Å²) in [5.41, 5.74) is 5.15. The molecule has 1 aliphatic heterocycles. The molecule has 1 unspecified atom stereocenters. The molecule has 1 saturated heterocycles. The van der Waals surface area contributed by atoms with Gasteiger partial charge in [0.25, 0.3) is 5.78 Å². The fourth-order valence-corrected chi connectivity index (χ4v) is 6.36. The quantitative estimate of drug-likeness (QED) is 0.106. The number of aromatic nitrogens is 1. The minimum atomic E-state index is -0.837. The molecule has 0 saturated carbocycles. The van der Waals surface area contributed by atoms with E-state index in [0.717, 1.165) is 45.3 Å². The van der Waals surface area contributed by atoms with Crippen LogP contribution in [0.3, 0.4) is 0 Å². The summed E-state index contributed by atoms with van der Waals surface area (Å²) in [6.45, 7) is 13.1. The number of carbonyl (C=O) groups is 2. The number of aryl methyl sites for hydroxylation is 2. The van der Waals surface area contributed by atoms with Crippen molar-refractivity contribution in [3.05, 3.63) is 94.1 Å². The van der Waals surface area contributed by atoms with Crippen molar-refractivity contribution in [1.82, 2.24) is 4.98 Å². The minimum Gasteiger partial charge on any atom is -0.507 e. The Morgan fingerprint density at radius 1 is 1.05 bits per heavy atom. The van der Waals surface area contributed by atoms with E-state index < -0.39 is 17.7 Å². The van der Waals surface area contributed by atoms with Gasteiger partial charge < -0.3 is 9.84 Å². The first-order valence-corrected chi connectivity index (χ1v) is 14.8. The van der Waals surface area contributed by atoms with Crippen LogP contribution in [-0.2, 0) is 15.0 Å². The number of hydrogen-bond acceptors (Lipinski definition) is 6. The average Bonchev–Trinajstić information content (AvgIpc) is 3.46. The topological polar surface area (TPSA) is 79.7 Å². The molecule has 1 aliphatic rings. The highest BCUT2D eigenvalue weighted by atomic mass is 32.1. The molecule has 0 aliphatic carbocycles.